The molecular formula is C20H24O3S. The van der Waals surface area contributed by atoms with Gasteiger partial charge in [0.25, 0.3) is 0 Å². The van der Waals surface area contributed by atoms with Crippen molar-refractivity contribution in [1.82, 2.24) is 0 Å². The standard InChI is InChI=1S/C20H24O3S/c1-20(2,16-6-4-3-5-7-16)17-8-10-18(11-9-17)22-13-14-23-19(21)12-15-24/h3-11,24H,12-15H2,1-2H3. The molecule has 0 radical (unpaired) electrons. The molecule has 24 heavy (non-hydrogen) atoms. The molecule has 0 heterocycles. The first-order chi connectivity index (χ1) is 11.5. The molecule has 0 atom stereocenters. The summed E-state index contributed by atoms with van der Waals surface area (Å²) in [6.07, 6.45) is 0.326. The van der Waals surface area contributed by atoms with Crippen LogP contribution < -0.4 is 4.74 Å². The highest BCUT2D eigenvalue weighted by molar-refractivity contribution is 7.80. The summed E-state index contributed by atoms with van der Waals surface area (Å²) < 4.78 is 10.6. The first-order valence-corrected chi connectivity index (χ1v) is 8.72. The van der Waals surface area contributed by atoms with E-state index in [2.05, 4.69) is 62.9 Å². The number of hydrogen-bond acceptors (Lipinski definition) is 4. The van der Waals surface area contributed by atoms with Gasteiger partial charge in [-0.3, -0.25) is 4.79 Å². The maximum Gasteiger partial charge on any atom is 0.306 e. The molecule has 0 bridgehead atoms. The molecule has 2 aromatic carbocycles. The Morgan fingerprint density at radius 2 is 1.58 bits per heavy atom. The summed E-state index contributed by atoms with van der Waals surface area (Å²) in [7, 11) is 0. The molecule has 128 valence electrons. The fraction of sp³-hybridized carbons (Fsp3) is 0.350. The summed E-state index contributed by atoms with van der Waals surface area (Å²) in [5.74, 6) is 1.03. The lowest BCUT2D eigenvalue weighted by Crippen LogP contribution is -2.18. The van der Waals surface area contributed by atoms with Crippen molar-refractivity contribution in [1.29, 1.82) is 0 Å². The molecule has 0 fully saturated rings. The highest BCUT2D eigenvalue weighted by Crippen LogP contribution is 2.32. The van der Waals surface area contributed by atoms with Crippen molar-refractivity contribution in [2.75, 3.05) is 19.0 Å². The highest BCUT2D eigenvalue weighted by atomic mass is 32.1. The molecule has 0 saturated heterocycles. The van der Waals surface area contributed by atoms with E-state index in [0.29, 0.717) is 18.8 Å². The van der Waals surface area contributed by atoms with E-state index in [9.17, 15) is 4.79 Å². The minimum absolute atomic E-state index is 0.0673. The van der Waals surface area contributed by atoms with Crippen molar-refractivity contribution in [2.45, 2.75) is 25.7 Å². The van der Waals surface area contributed by atoms with E-state index in [1.165, 1.54) is 11.1 Å². The van der Waals surface area contributed by atoms with E-state index in [1.54, 1.807) is 0 Å². The van der Waals surface area contributed by atoms with E-state index >= 15 is 0 Å². The molecule has 0 saturated carbocycles. The lowest BCUT2D eigenvalue weighted by molar-refractivity contribution is -0.143. The molecule has 0 aromatic heterocycles. The summed E-state index contributed by atoms with van der Waals surface area (Å²) >= 11 is 3.99. The van der Waals surface area contributed by atoms with Gasteiger partial charge in [0.2, 0.25) is 0 Å². The van der Waals surface area contributed by atoms with Gasteiger partial charge in [-0.1, -0.05) is 56.3 Å². The zero-order chi connectivity index (χ0) is 17.4. The SMILES string of the molecule is CC(C)(c1ccccc1)c1ccc(OCCOC(=O)CCS)cc1. The fourth-order valence-corrected chi connectivity index (χ4v) is 2.65. The molecular weight excluding hydrogens is 320 g/mol. The largest absolute Gasteiger partial charge is 0.490 e. The summed E-state index contributed by atoms with van der Waals surface area (Å²) in [5.41, 5.74) is 2.43. The Kier molecular flexibility index (Phi) is 6.73. The lowest BCUT2D eigenvalue weighted by Gasteiger charge is -2.26. The Labute approximate surface area is 149 Å². The minimum Gasteiger partial charge on any atom is -0.490 e. The molecule has 0 aliphatic rings. The molecule has 0 N–H and O–H groups in total. The second-order valence-electron chi connectivity index (χ2n) is 6.06. The number of rotatable bonds is 8. The molecule has 0 spiro atoms. The van der Waals surface area contributed by atoms with Crippen LogP contribution in [0.15, 0.2) is 54.6 Å². The normalized spacial score (nSPS) is 11.1. The van der Waals surface area contributed by atoms with Gasteiger partial charge in [-0.2, -0.15) is 12.6 Å². The Bertz CT molecular complexity index is 636. The fourth-order valence-electron chi connectivity index (χ4n) is 2.47. The number of benzene rings is 2. The molecule has 0 aliphatic heterocycles. The number of ether oxygens (including phenoxy) is 2. The van der Waals surface area contributed by atoms with Crippen LogP contribution in [0.2, 0.25) is 0 Å². The number of thiol groups is 1. The third kappa shape index (κ3) is 5.03. The van der Waals surface area contributed by atoms with Gasteiger partial charge in [-0.25, -0.2) is 0 Å². The molecule has 0 unspecified atom stereocenters. The van der Waals surface area contributed by atoms with Crippen molar-refractivity contribution >= 4 is 18.6 Å². The van der Waals surface area contributed by atoms with Crippen LogP contribution in [0.25, 0.3) is 0 Å². The third-order valence-electron chi connectivity index (χ3n) is 4.00. The first-order valence-electron chi connectivity index (χ1n) is 8.09. The highest BCUT2D eigenvalue weighted by Gasteiger charge is 2.22. The number of carbonyl (C=O) groups is 1. The van der Waals surface area contributed by atoms with Crippen molar-refractivity contribution in [3.8, 4) is 5.75 Å². The maximum atomic E-state index is 11.2. The van der Waals surface area contributed by atoms with Gasteiger partial charge >= 0.3 is 5.97 Å². The Balaban J connectivity index is 1.90. The average Bonchev–Trinajstić information content (AvgIpc) is 2.60. The monoisotopic (exact) mass is 344 g/mol. The summed E-state index contributed by atoms with van der Waals surface area (Å²) in [6, 6.07) is 18.5. The van der Waals surface area contributed by atoms with Crippen LogP contribution in [0.5, 0.6) is 5.75 Å². The zero-order valence-electron chi connectivity index (χ0n) is 14.2. The molecule has 2 aromatic rings. The smallest absolute Gasteiger partial charge is 0.306 e. The van der Waals surface area contributed by atoms with Gasteiger partial charge in [0, 0.05) is 11.2 Å². The van der Waals surface area contributed by atoms with Crippen molar-refractivity contribution in [3.05, 3.63) is 65.7 Å². The van der Waals surface area contributed by atoms with Crippen LogP contribution in [-0.4, -0.2) is 24.9 Å². The predicted molar refractivity (Wildman–Crippen MR) is 99.9 cm³/mol. The van der Waals surface area contributed by atoms with E-state index in [-0.39, 0.29) is 18.0 Å². The molecule has 0 aliphatic carbocycles. The van der Waals surface area contributed by atoms with Crippen LogP contribution in [0, 0.1) is 0 Å². The lowest BCUT2D eigenvalue weighted by atomic mass is 9.78. The van der Waals surface area contributed by atoms with Gasteiger partial charge < -0.3 is 9.47 Å². The Morgan fingerprint density at radius 3 is 2.21 bits per heavy atom. The average molecular weight is 344 g/mol. The second kappa shape index (κ2) is 8.78. The van der Waals surface area contributed by atoms with Crippen molar-refractivity contribution in [3.63, 3.8) is 0 Å². The van der Waals surface area contributed by atoms with Gasteiger partial charge in [0.05, 0.1) is 6.42 Å². The summed E-state index contributed by atoms with van der Waals surface area (Å²) in [6.45, 7) is 5.02. The Morgan fingerprint density at radius 1 is 0.958 bits per heavy atom. The minimum atomic E-state index is -0.242. The van der Waals surface area contributed by atoms with Crippen LogP contribution in [0.4, 0.5) is 0 Å². The van der Waals surface area contributed by atoms with Crippen LogP contribution >= 0.6 is 12.6 Å². The number of carbonyl (C=O) groups excluding carboxylic acids is 1. The van der Waals surface area contributed by atoms with Gasteiger partial charge in [-0.15, -0.1) is 0 Å². The topological polar surface area (TPSA) is 35.5 Å². The van der Waals surface area contributed by atoms with Crippen LogP contribution in [0.1, 0.15) is 31.4 Å². The van der Waals surface area contributed by atoms with Crippen molar-refractivity contribution in [2.24, 2.45) is 0 Å². The molecule has 3 nitrogen and oxygen atoms in total. The number of esters is 1. The Hall–Kier alpha value is -1.94. The maximum absolute atomic E-state index is 11.2. The van der Waals surface area contributed by atoms with Crippen LogP contribution in [-0.2, 0) is 14.9 Å². The van der Waals surface area contributed by atoms with Gasteiger partial charge in [0.15, 0.2) is 0 Å². The van der Waals surface area contributed by atoms with E-state index < -0.39 is 0 Å². The first kappa shape index (κ1) is 18.4. The third-order valence-corrected chi connectivity index (χ3v) is 4.23. The number of hydrogen-bond donors (Lipinski definition) is 1. The summed E-state index contributed by atoms with van der Waals surface area (Å²) in [4.78, 5) is 11.2. The van der Waals surface area contributed by atoms with E-state index in [4.69, 9.17) is 9.47 Å². The van der Waals surface area contributed by atoms with Gasteiger partial charge in [0.1, 0.15) is 19.0 Å². The van der Waals surface area contributed by atoms with E-state index in [1.807, 2.05) is 18.2 Å². The quantitative estimate of drug-likeness (QED) is 0.442. The second-order valence-corrected chi connectivity index (χ2v) is 6.51. The molecule has 4 heteroatoms. The predicted octanol–water partition coefficient (Wildman–Crippen LogP) is 4.25. The molecule has 0 amide bonds. The van der Waals surface area contributed by atoms with Gasteiger partial charge in [-0.05, 0) is 23.3 Å². The molecule has 2 rings (SSSR count). The zero-order valence-corrected chi connectivity index (χ0v) is 15.1. The van der Waals surface area contributed by atoms with Crippen molar-refractivity contribution < 1.29 is 14.3 Å². The van der Waals surface area contributed by atoms with Crippen LogP contribution in [0.3, 0.4) is 0 Å². The van der Waals surface area contributed by atoms with E-state index in [0.717, 1.165) is 5.75 Å². The summed E-state index contributed by atoms with van der Waals surface area (Å²) in [5, 5.41) is 0.